The topological polar surface area (TPSA) is 57.7 Å². The highest BCUT2D eigenvalue weighted by molar-refractivity contribution is 5.81. The summed E-state index contributed by atoms with van der Waals surface area (Å²) in [6.45, 7) is 3.58. The van der Waals surface area contributed by atoms with Crippen LogP contribution >= 0.6 is 0 Å². The Morgan fingerprint density at radius 3 is 2.95 bits per heavy atom. The third-order valence-electron chi connectivity index (χ3n) is 3.17. The highest BCUT2D eigenvalue weighted by atomic mass is 16.5. The van der Waals surface area contributed by atoms with Crippen LogP contribution in [-0.2, 0) is 4.79 Å². The monoisotopic (exact) mass is 264 g/mol. The van der Waals surface area contributed by atoms with Gasteiger partial charge in [-0.1, -0.05) is 0 Å². The molecule has 0 unspecified atom stereocenters. The summed E-state index contributed by atoms with van der Waals surface area (Å²) in [7, 11) is 3.46. The van der Waals surface area contributed by atoms with Crippen LogP contribution in [0, 0.1) is 0 Å². The fourth-order valence-electron chi connectivity index (χ4n) is 2.12. The molecule has 2 rings (SSSR count). The van der Waals surface area contributed by atoms with Gasteiger partial charge < -0.3 is 19.9 Å². The molecule has 2 heterocycles. The lowest BCUT2D eigenvalue weighted by atomic mass is 10.3. The molecule has 0 radical (unpaired) electrons. The first-order valence-electron chi connectivity index (χ1n) is 6.41. The van der Waals surface area contributed by atoms with Gasteiger partial charge in [0.2, 0.25) is 5.91 Å². The molecule has 19 heavy (non-hydrogen) atoms. The zero-order chi connectivity index (χ0) is 13.7. The third kappa shape index (κ3) is 3.35. The molecule has 0 aromatic carbocycles. The SMILES string of the molecule is COc1cccnc1N(C)CC(=O)N1CCNCC1. The van der Waals surface area contributed by atoms with Crippen LogP contribution in [0.4, 0.5) is 5.82 Å². The molecule has 1 aromatic rings. The van der Waals surface area contributed by atoms with Crippen LogP contribution in [-0.4, -0.2) is 62.7 Å². The molecule has 104 valence electrons. The summed E-state index contributed by atoms with van der Waals surface area (Å²) in [5, 5.41) is 3.23. The van der Waals surface area contributed by atoms with Gasteiger partial charge in [0.1, 0.15) is 0 Å². The second-order valence-corrected chi connectivity index (χ2v) is 4.52. The van der Waals surface area contributed by atoms with E-state index in [-0.39, 0.29) is 5.91 Å². The van der Waals surface area contributed by atoms with Crippen LogP contribution in [0.25, 0.3) is 0 Å². The first kappa shape index (κ1) is 13.6. The lowest BCUT2D eigenvalue weighted by Crippen LogP contribution is -2.49. The van der Waals surface area contributed by atoms with Crippen molar-refractivity contribution in [3.8, 4) is 5.75 Å². The van der Waals surface area contributed by atoms with Crippen LogP contribution in [0.2, 0.25) is 0 Å². The number of rotatable bonds is 4. The number of hydrogen-bond donors (Lipinski definition) is 1. The van der Waals surface area contributed by atoms with Gasteiger partial charge in [0.05, 0.1) is 13.7 Å². The van der Waals surface area contributed by atoms with Gasteiger partial charge in [-0.3, -0.25) is 4.79 Å². The molecule has 6 heteroatoms. The van der Waals surface area contributed by atoms with Crippen molar-refractivity contribution in [2.75, 3.05) is 51.8 Å². The first-order valence-corrected chi connectivity index (χ1v) is 6.41. The summed E-state index contributed by atoms with van der Waals surface area (Å²) in [5.74, 6) is 1.49. The minimum Gasteiger partial charge on any atom is -0.493 e. The average Bonchev–Trinajstić information content (AvgIpc) is 2.48. The lowest BCUT2D eigenvalue weighted by Gasteiger charge is -2.29. The Labute approximate surface area is 113 Å². The van der Waals surface area contributed by atoms with E-state index in [9.17, 15) is 4.79 Å². The molecule has 1 aliphatic rings. The van der Waals surface area contributed by atoms with Gasteiger partial charge >= 0.3 is 0 Å². The smallest absolute Gasteiger partial charge is 0.242 e. The number of amides is 1. The summed E-state index contributed by atoms with van der Waals surface area (Å²) < 4.78 is 5.25. The zero-order valence-electron chi connectivity index (χ0n) is 11.4. The summed E-state index contributed by atoms with van der Waals surface area (Å²) in [6, 6.07) is 3.66. The highest BCUT2D eigenvalue weighted by Gasteiger charge is 2.19. The van der Waals surface area contributed by atoms with Crippen LogP contribution in [0.1, 0.15) is 0 Å². The largest absolute Gasteiger partial charge is 0.493 e. The number of carbonyl (C=O) groups excluding carboxylic acids is 1. The molecular weight excluding hydrogens is 244 g/mol. The number of anilines is 1. The number of aromatic nitrogens is 1. The van der Waals surface area contributed by atoms with E-state index in [0.717, 1.165) is 26.2 Å². The van der Waals surface area contributed by atoms with Gasteiger partial charge in [0.15, 0.2) is 11.6 Å². The van der Waals surface area contributed by atoms with E-state index in [1.54, 1.807) is 13.3 Å². The highest BCUT2D eigenvalue weighted by Crippen LogP contribution is 2.23. The maximum Gasteiger partial charge on any atom is 0.242 e. The van der Waals surface area contributed by atoms with Gasteiger partial charge in [-0.25, -0.2) is 4.98 Å². The number of piperazine rings is 1. The fourth-order valence-corrected chi connectivity index (χ4v) is 2.12. The molecule has 1 aliphatic heterocycles. The Balaban J connectivity index is 1.99. The summed E-state index contributed by atoms with van der Waals surface area (Å²) in [5.41, 5.74) is 0. The molecule has 1 aromatic heterocycles. The molecule has 0 aliphatic carbocycles. The molecule has 0 bridgehead atoms. The third-order valence-corrected chi connectivity index (χ3v) is 3.17. The molecule has 1 amide bonds. The summed E-state index contributed by atoms with van der Waals surface area (Å²) >= 11 is 0. The van der Waals surface area contributed by atoms with Crippen LogP contribution in [0.5, 0.6) is 5.75 Å². The van der Waals surface area contributed by atoms with Crippen LogP contribution in [0.15, 0.2) is 18.3 Å². The maximum absolute atomic E-state index is 12.2. The van der Waals surface area contributed by atoms with Gasteiger partial charge in [0.25, 0.3) is 0 Å². The number of methoxy groups -OCH3 is 1. The summed E-state index contributed by atoms with van der Waals surface area (Å²) in [6.07, 6.45) is 1.70. The molecule has 0 spiro atoms. The van der Waals surface area contributed by atoms with Gasteiger partial charge in [-0.15, -0.1) is 0 Å². The van der Waals surface area contributed by atoms with Crippen molar-refractivity contribution in [3.63, 3.8) is 0 Å². The predicted octanol–water partition coefficient (Wildman–Crippen LogP) is -0.0418. The van der Waals surface area contributed by atoms with Gasteiger partial charge in [-0.2, -0.15) is 0 Å². The van der Waals surface area contributed by atoms with Gasteiger partial charge in [-0.05, 0) is 12.1 Å². The quantitative estimate of drug-likeness (QED) is 0.827. The number of likely N-dealkylation sites (N-methyl/N-ethyl adjacent to an activating group) is 1. The number of pyridine rings is 1. The Kier molecular flexibility index (Phi) is 4.57. The fraction of sp³-hybridized carbons (Fsp3) is 0.538. The van der Waals surface area contributed by atoms with E-state index >= 15 is 0 Å². The van der Waals surface area contributed by atoms with Crippen molar-refractivity contribution in [2.24, 2.45) is 0 Å². The predicted molar refractivity (Wildman–Crippen MR) is 73.5 cm³/mol. The Morgan fingerprint density at radius 2 is 2.26 bits per heavy atom. The Hall–Kier alpha value is -1.82. The first-order chi connectivity index (χ1) is 9.22. The Morgan fingerprint density at radius 1 is 1.53 bits per heavy atom. The van der Waals surface area contributed by atoms with Crippen molar-refractivity contribution in [1.29, 1.82) is 0 Å². The molecule has 6 nitrogen and oxygen atoms in total. The average molecular weight is 264 g/mol. The standard InChI is InChI=1S/C13H20N4O2/c1-16(13-11(19-2)4-3-5-15-13)10-12(18)17-8-6-14-7-9-17/h3-5,14H,6-10H2,1-2H3. The van der Waals surface area contributed by atoms with E-state index in [0.29, 0.717) is 18.1 Å². The second-order valence-electron chi connectivity index (χ2n) is 4.52. The molecule has 0 saturated carbocycles. The molecule has 0 atom stereocenters. The second kappa shape index (κ2) is 6.38. The van der Waals surface area contributed by atoms with Crippen LogP contribution < -0.4 is 15.0 Å². The van der Waals surface area contributed by atoms with Crippen molar-refractivity contribution in [2.45, 2.75) is 0 Å². The van der Waals surface area contributed by atoms with Crippen molar-refractivity contribution in [3.05, 3.63) is 18.3 Å². The molecule has 1 saturated heterocycles. The summed E-state index contributed by atoms with van der Waals surface area (Å²) in [4.78, 5) is 20.1. The maximum atomic E-state index is 12.2. The van der Waals surface area contributed by atoms with Gasteiger partial charge in [0, 0.05) is 39.4 Å². The number of nitrogens with zero attached hydrogens (tertiary/aromatic N) is 3. The van der Waals surface area contributed by atoms with E-state index < -0.39 is 0 Å². The number of carbonyl (C=O) groups is 1. The van der Waals surface area contributed by atoms with Crippen molar-refractivity contribution >= 4 is 11.7 Å². The molecular formula is C13H20N4O2. The van der Waals surface area contributed by atoms with E-state index in [1.165, 1.54) is 0 Å². The minimum absolute atomic E-state index is 0.122. The number of hydrogen-bond acceptors (Lipinski definition) is 5. The van der Waals surface area contributed by atoms with E-state index in [2.05, 4.69) is 10.3 Å². The normalized spacial score (nSPS) is 15.2. The zero-order valence-corrected chi connectivity index (χ0v) is 11.4. The van der Waals surface area contributed by atoms with Crippen LogP contribution in [0.3, 0.4) is 0 Å². The number of nitrogens with one attached hydrogen (secondary N) is 1. The lowest BCUT2D eigenvalue weighted by molar-refractivity contribution is -0.130. The molecule has 1 N–H and O–H groups in total. The Bertz CT molecular complexity index is 432. The minimum atomic E-state index is 0.122. The number of ether oxygens (including phenoxy) is 1. The van der Waals surface area contributed by atoms with Crippen molar-refractivity contribution < 1.29 is 9.53 Å². The van der Waals surface area contributed by atoms with E-state index in [4.69, 9.17) is 4.74 Å². The molecule has 1 fully saturated rings. The van der Waals surface area contributed by atoms with E-state index in [1.807, 2.05) is 29.0 Å². The van der Waals surface area contributed by atoms with Crippen molar-refractivity contribution in [1.82, 2.24) is 15.2 Å².